The van der Waals surface area contributed by atoms with E-state index in [1.165, 1.54) is 28.4 Å². The van der Waals surface area contributed by atoms with Gasteiger partial charge in [-0.05, 0) is 30.2 Å². The first-order chi connectivity index (χ1) is 13.4. The second-order valence-electron chi connectivity index (χ2n) is 7.18. The Morgan fingerprint density at radius 1 is 1.21 bits per heavy atom. The molecule has 3 aromatic rings. The Bertz CT molecular complexity index is 1150. The van der Waals surface area contributed by atoms with Crippen molar-refractivity contribution < 1.29 is 9.13 Å². The van der Waals surface area contributed by atoms with E-state index in [1.807, 2.05) is 9.47 Å². The first-order valence-corrected chi connectivity index (χ1v) is 9.14. The Hall–Kier alpha value is -2.94. The zero-order valence-electron chi connectivity index (χ0n) is 16.1. The molecule has 0 amide bonds. The molecule has 1 aromatic carbocycles. The van der Waals surface area contributed by atoms with Gasteiger partial charge in [0.05, 0.1) is 13.2 Å². The Morgan fingerprint density at radius 2 is 1.93 bits per heavy atom. The van der Waals surface area contributed by atoms with Gasteiger partial charge in [0.1, 0.15) is 5.82 Å². The fourth-order valence-electron chi connectivity index (χ4n) is 3.72. The number of rotatable bonds is 4. The fraction of sp³-hybridized carbons (Fsp3) is 0.421. The molecule has 0 saturated carbocycles. The van der Waals surface area contributed by atoms with Gasteiger partial charge in [-0.2, -0.15) is 4.98 Å². The van der Waals surface area contributed by atoms with E-state index in [0.717, 1.165) is 5.69 Å². The monoisotopic (exact) mass is 387 g/mol. The van der Waals surface area contributed by atoms with Crippen LogP contribution in [-0.2, 0) is 24.9 Å². The molecule has 0 fully saturated rings. The number of nitrogens with zero attached hydrogens (tertiary/aromatic N) is 5. The minimum absolute atomic E-state index is 0.176. The quantitative estimate of drug-likeness (QED) is 0.678. The Morgan fingerprint density at radius 3 is 2.61 bits per heavy atom. The highest BCUT2D eigenvalue weighted by atomic mass is 19.1. The molecule has 148 valence electrons. The van der Waals surface area contributed by atoms with Crippen LogP contribution in [0.4, 0.5) is 16.0 Å². The van der Waals surface area contributed by atoms with E-state index in [9.17, 15) is 14.0 Å². The third-order valence-corrected chi connectivity index (χ3v) is 5.10. The molecule has 0 bridgehead atoms. The van der Waals surface area contributed by atoms with Crippen LogP contribution in [0.15, 0.2) is 33.9 Å². The van der Waals surface area contributed by atoms with Gasteiger partial charge < -0.3 is 14.2 Å². The van der Waals surface area contributed by atoms with Crippen molar-refractivity contribution in [1.29, 1.82) is 0 Å². The molecule has 3 heterocycles. The normalized spacial score (nSPS) is 16.6. The van der Waals surface area contributed by atoms with E-state index in [4.69, 9.17) is 4.74 Å². The lowest BCUT2D eigenvalue weighted by atomic mass is 10.1. The molecule has 9 heteroatoms. The number of aromatic nitrogens is 4. The zero-order chi connectivity index (χ0) is 20.0. The maximum Gasteiger partial charge on any atom is 0.332 e. The molecule has 0 radical (unpaired) electrons. The molecule has 0 N–H and O–H groups in total. The van der Waals surface area contributed by atoms with Gasteiger partial charge in [0, 0.05) is 32.9 Å². The van der Waals surface area contributed by atoms with Gasteiger partial charge in [0.15, 0.2) is 11.2 Å². The molecule has 1 aliphatic rings. The van der Waals surface area contributed by atoms with Gasteiger partial charge in [0.25, 0.3) is 5.56 Å². The van der Waals surface area contributed by atoms with Crippen LogP contribution in [0.25, 0.3) is 11.2 Å². The predicted molar refractivity (Wildman–Crippen MR) is 104 cm³/mol. The molecule has 8 nitrogen and oxygen atoms in total. The molecule has 0 saturated heterocycles. The van der Waals surface area contributed by atoms with Crippen LogP contribution in [0, 0.1) is 11.7 Å². The van der Waals surface area contributed by atoms with E-state index >= 15 is 0 Å². The van der Waals surface area contributed by atoms with E-state index in [2.05, 4.69) is 11.9 Å². The number of methoxy groups -OCH3 is 1. The maximum absolute atomic E-state index is 13.4. The van der Waals surface area contributed by atoms with Gasteiger partial charge >= 0.3 is 5.69 Å². The second kappa shape index (κ2) is 6.90. The van der Waals surface area contributed by atoms with Gasteiger partial charge in [0.2, 0.25) is 5.95 Å². The Balaban J connectivity index is 1.96. The average molecular weight is 387 g/mol. The van der Waals surface area contributed by atoms with Crippen molar-refractivity contribution in [3.05, 3.63) is 50.9 Å². The standard InChI is InChI=1S/C19H22FN5O3/c1-12-10-24(14-6-4-13(20)5-7-14)18-21-16-15(25(18)11-12)17(26)23(8-9-28-3)19(27)22(16)2/h4-7,12H,8-11H2,1-3H3/t12-/m1/s1. The summed E-state index contributed by atoms with van der Waals surface area (Å²) in [6.45, 7) is 3.81. The first-order valence-electron chi connectivity index (χ1n) is 9.14. The van der Waals surface area contributed by atoms with E-state index in [0.29, 0.717) is 30.2 Å². The molecule has 0 aliphatic carbocycles. The topological polar surface area (TPSA) is 74.3 Å². The van der Waals surface area contributed by atoms with Crippen LogP contribution >= 0.6 is 0 Å². The number of hydrogen-bond acceptors (Lipinski definition) is 5. The molecule has 4 rings (SSSR count). The summed E-state index contributed by atoms with van der Waals surface area (Å²) in [5.41, 5.74) is 0.731. The summed E-state index contributed by atoms with van der Waals surface area (Å²) in [4.78, 5) is 32.3. The second-order valence-corrected chi connectivity index (χ2v) is 7.18. The maximum atomic E-state index is 13.4. The van der Waals surface area contributed by atoms with Crippen LogP contribution in [0.3, 0.4) is 0 Å². The molecule has 28 heavy (non-hydrogen) atoms. The van der Waals surface area contributed by atoms with Crippen molar-refractivity contribution in [2.24, 2.45) is 13.0 Å². The van der Waals surface area contributed by atoms with Crippen LogP contribution in [0.5, 0.6) is 0 Å². The fourth-order valence-corrected chi connectivity index (χ4v) is 3.72. The van der Waals surface area contributed by atoms with E-state index in [-0.39, 0.29) is 30.4 Å². The Kier molecular flexibility index (Phi) is 4.54. The lowest BCUT2D eigenvalue weighted by molar-refractivity contribution is 0.184. The number of halogens is 1. The zero-order valence-corrected chi connectivity index (χ0v) is 16.1. The highest BCUT2D eigenvalue weighted by Gasteiger charge is 2.29. The summed E-state index contributed by atoms with van der Waals surface area (Å²) in [6.07, 6.45) is 0. The number of fused-ring (bicyclic) bond motifs is 3. The lowest BCUT2D eigenvalue weighted by Crippen LogP contribution is -2.41. The molecule has 2 aromatic heterocycles. The number of benzene rings is 1. The van der Waals surface area contributed by atoms with Crippen LogP contribution in [-0.4, -0.2) is 38.9 Å². The van der Waals surface area contributed by atoms with E-state index in [1.54, 1.807) is 19.2 Å². The van der Waals surface area contributed by atoms with Gasteiger partial charge in [-0.3, -0.25) is 13.9 Å². The number of hydrogen-bond donors (Lipinski definition) is 0. The highest BCUT2D eigenvalue weighted by molar-refractivity contribution is 5.77. The summed E-state index contributed by atoms with van der Waals surface area (Å²) in [5.74, 6) is 0.501. The van der Waals surface area contributed by atoms with Crippen LogP contribution in [0.1, 0.15) is 6.92 Å². The average Bonchev–Trinajstić information content (AvgIpc) is 3.06. The minimum atomic E-state index is -0.425. The minimum Gasteiger partial charge on any atom is -0.383 e. The van der Waals surface area contributed by atoms with Crippen LogP contribution in [0.2, 0.25) is 0 Å². The SMILES string of the molecule is COCCn1c(=O)c2c(nc3n2C[C@H](C)CN3c2ccc(F)cc2)n(C)c1=O. The third kappa shape index (κ3) is 2.82. The van der Waals surface area contributed by atoms with Crippen molar-refractivity contribution in [3.63, 3.8) is 0 Å². The van der Waals surface area contributed by atoms with Crippen molar-refractivity contribution in [1.82, 2.24) is 18.7 Å². The summed E-state index contributed by atoms with van der Waals surface area (Å²) in [6, 6.07) is 6.17. The smallest absolute Gasteiger partial charge is 0.332 e. The largest absolute Gasteiger partial charge is 0.383 e. The summed E-state index contributed by atoms with van der Waals surface area (Å²) in [7, 11) is 3.13. The van der Waals surface area contributed by atoms with Gasteiger partial charge in [-0.1, -0.05) is 6.92 Å². The number of imidazole rings is 1. The number of anilines is 2. The molecule has 1 aliphatic heterocycles. The van der Waals surface area contributed by atoms with Gasteiger partial charge in [-0.25, -0.2) is 9.18 Å². The number of ether oxygens (including phenoxy) is 1. The van der Waals surface area contributed by atoms with Crippen molar-refractivity contribution in [3.8, 4) is 0 Å². The van der Waals surface area contributed by atoms with Gasteiger partial charge in [-0.15, -0.1) is 0 Å². The van der Waals surface area contributed by atoms with Crippen molar-refractivity contribution in [2.75, 3.05) is 25.2 Å². The predicted octanol–water partition coefficient (Wildman–Crippen LogP) is 1.47. The molecule has 0 unspecified atom stereocenters. The lowest BCUT2D eigenvalue weighted by Gasteiger charge is -2.32. The molecular formula is C19H22FN5O3. The first kappa shape index (κ1) is 18.4. The van der Waals surface area contributed by atoms with Crippen molar-refractivity contribution in [2.45, 2.75) is 20.0 Å². The molecule has 1 atom stereocenters. The van der Waals surface area contributed by atoms with E-state index < -0.39 is 5.69 Å². The van der Waals surface area contributed by atoms with Crippen molar-refractivity contribution >= 4 is 22.8 Å². The highest BCUT2D eigenvalue weighted by Crippen LogP contribution is 2.32. The van der Waals surface area contributed by atoms with Crippen LogP contribution < -0.4 is 16.1 Å². The summed E-state index contributed by atoms with van der Waals surface area (Å²) < 4.78 is 22.8. The summed E-state index contributed by atoms with van der Waals surface area (Å²) >= 11 is 0. The number of aryl methyl sites for hydroxylation is 1. The summed E-state index contributed by atoms with van der Waals surface area (Å²) in [5, 5.41) is 0. The molecule has 0 spiro atoms. The molecular weight excluding hydrogens is 365 g/mol. The Labute approximate surface area is 160 Å². The third-order valence-electron chi connectivity index (χ3n) is 5.10.